The van der Waals surface area contributed by atoms with Crippen molar-refractivity contribution in [1.82, 2.24) is 30.0 Å². The Morgan fingerprint density at radius 3 is 2.29 bits per heavy atom. The highest BCUT2D eigenvalue weighted by molar-refractivity contribution is 7.13. The lowest BCUT2D eigenvalue weighted by Crippen LogP contribution is -2.49. The fourth-order valence-electron chi connectivity index (χ4n) is 3.78. The molecule has 3 aromatic rings. The Kier molecular flexibility index (Phi) is 7.57. The van der Waals surface area contributed by atoms with Gasteiger partial charge in [0.1, 0.15) is 5.56 Å². The molecule has 0 bridgehead atoms. The summed E-state index contributed by atoms with van der Waals surface area (Å²) in [4.78, 5) is 40.1. The van der Waals surface area contributed by atoms with Gasteiger partial charge in [-0.1, -0.05) is 0 Å². The fourth-order valence-corrected chi connectivity index (χ4v) is 4.79. The number of amides is 1. The third kappa shape index (κ3) is 6.20. The second-order valence-corrected chi connectivity index (χ2v) is 9.53. The highest BCUT2D eigenvalue weighted by atomic mass is 32.1. The Bertz CT molecular complexity index is 1330. The van der Waals surface area contributed by atoms with E-state index in [9.17, 15) is 35.9 Å². The van der Waals surface area contributed by atoms with Gasteiger partial charge in [-0.3, -0.25) is 9.59 Å². The van der Waals surface area contributed by atoms with Crippen LogP contribution in [0, 0.1) is 0 Å². The van der Waals surface area contributed by atoms with Crippen molar-refractivity contribution in [2.24, 2.45) is 0 Å². The molecule has 1 amide bonds. The van der Waals surface area contributed by atoms with E-state index >= 15 is 0 Å². The molecular formula is C21H20F6N8O2S. The SMILES string of the molecule is CC(Cc1cnc(C(=O)N2CCN(c3ncc(C(F)(F)F)cn3)CC2)s1)Nc1cn[nH]c(=O)c1C(F)(F)F. The van der Waals surface area contributed by atoms with E-state index in [1.807, 2.05) is 0 Å². The number of alkyl halides is 6. The van der Waals surface area contributed by atoms with Crippen LogP contribution < -0.4 is 15.8 Å². The number of hydrogen-bond donors (Lipinski definition) is 2. The zero-order valence-electron chi connectivity index (χ0n) is 19.6. The molecule has 4 heterocycles. The first-order valence-corrected chi connectivity index (χ1v) is 11.9. The number of anilines is 2. The van der Waals surface area contributed by atoms with Gasteiger partial charge in [-0.2, -0.15) is 31.4 Å². The molecule has 4 rings (SSSR count). The van der Waals surface area contributed by atoms with Crippen LogP contribution >= 0.6 is 11.3 Å². The van der Waals surface area contributed by atoms with Crippen molar-refractivity contribution >= 4 is 28.9 Å². The van der Waals surface area contributed by atoms with Crippen LogP contribution in [-0.2, 0) is 18.8 Å². The largest absolute Gasteiger partial charge is 0.423 e. The number of carbonyl (C=O) groups excluding carboxylic acids is 1. The number of carbonyl (C=O) groups is 1. The van der Waals surface area contributed by atoms with Crippen LogP contribution in [-0.4, -0.2) is 68.2 Å². The molecule has 1 saturated heterocycles. The van der Waals surface area contributed by atoms with Crippen LogP contribution in [0.4, 0.5) is 38.0 Å². The summed E-state index contributed by atoms with van der Waals surface area (Å²) in [5.74, 6) is -0.208. The van der Waals surface area contributed by atoms with Crippen molar-refractivity contribution in [1.29, 1.82) is 0 Å². The maximum absolute atomic E-state index is 13.2. The predicted octanol–water partition coefficient (Wildman–Crippen LogP) is 3.06. The third-order valence-corrected chi connectivity index (χ3v) is 6.61. The number of nitrogens with one attached hydrogen (secondary N) is 2. The van der Waals surface area contributed by atoms with E-state index in [0.717, 1.165) is 17.5 Å². The average molecular weight is 563 g/mol. The lowest BCUT2D eigenvalue weighted by molar-refractivity contribution is -0.139. The van der Waals surface area contributed by atoms with Gasteiger partial charge in [-0.05, 0) is 6.92 Å². The molecule has 0 spiro atoms. The number of H-pyrrole nitrogens is 1. The van der Waals surface area contributed by atoms with Crippen LogP contribution in [0.2, 0.25) is 0 Å². The second kappa shape index (κ2) is 10.5. The van der Waals surface area contributed by atoms with E-state index in [1.54, 1.807) is 21.8 Å². The summed E-state index contributed by atoms with van der Waals surface area (Å²) < 4.78 is 77.9. The normalized spacial score (nSPS) is 15.4. The van der Waals surface area contributed by atoms with Gasteiger partial charge in [0.15, 0.2) is 5.01 Å². The molecule has 0 aliphatic carbocycles. The summed E-state index contributed by atoms with van der Waals surface area (Å²) in [6, 6.07) is -0.546. The third-order valence-electron chi connectivity index (χ3n) is 5.60. The van der Waals surface area contributed by atoms with E-state index in [4.69, 9.17) is 0 Å². The van der Waals surface area contributed by atoms with Crippen molar-refractivity contribution < 1.29 is 31.1 Å². The monoisotopic (exact) mass is 562 g/mol. The highest BCUT2D eigenvalue weighted by Gasteiger charge is 2.37. The van der Waals surface area contributed by atoms with Crippen molar-refractivity contribution in [2.75, 3.05) is 36.4 Å². The fraction of sp³-hybridized carbons (Fsp3) is 0.429. The second-order valence-electron chi connectivity index (χ2n) is 8.42. The quantitative estimate of drug-likeness (QED) is 0.440. The van der Waals surface area contributed by atoms with Gasteiger partial charge in [0.05, 0.1) is 17.4 Å². The minimum atomic E-state index is -4.87. The molecule has 10 nitrogen and oxygen atoms in total. The van der Waals surface area contributed by atoms with E-state index in [1.165, 1.54) is 6.20 Å². The molecule has 1 aliphatic rings. The molecule has 0 radical (unpaired) electrons. The van der Waals surface area contributed by atoms with E-state index < -0.39 is 40.8 Å². The first-order valence-electron chi connectivity index (χ1n) is 11.1. The Hall–Kier alpha value is -3.76. The number of thiazole rings is 1. The molecule has 38 heavy (non-hydrogen) atoms. The maximum Gasteiger partial charge on any atom is 0.423 e. The van der Waals surface area contributed by atoms with Crippen LogP contribution in [0.15, 0.2) is 29.6 Å². The van der Waals surface area contributed by atoms with Crippen LogP contribution in [0.3, 0.4) is 0 Å². The summed E-state index contributed by atoms with van der Waals surface area (Å²) in [6.07, 6.45) is -5.40. The van der Waals surface area contributed by atoms with Gasteiger partial charge in [0, 0.05) is 62.1 Å². The first kappa shape index (κ1) is 27.3. The zero-order valence-corrected chi connectivity index (χ0v) is 20.4. The number of piperazine rings is 1. The minimum absolute atomic E-state index is 0.132. The molecule has 1 atom stereocenters. The van der Waals surface area contributed by atoms with Crippen molar-refractivity contribution in [2.45, 2.75) is 31.7 Å². The number of aromatic nitrogens is 5. The Morgan fingerprint density at radius 1 is 1.03 bits per heavy atom. The van der Waals surface area contributed by atoms with Gasteiger partial charge in [-0.25, -0.2) is 20.1 Å². The molecule has 0 aromatic carbocycles. The van der Waals surface area contributed by atoms with E-state index in [2.05, 4.69) is 25.4 Å². The molecule has 0 saturated carbocycles. The molecule has 1 unspecified atom stereocenters. The molecule has 17 heteroatoms. The van der Waals surface area contributed by atoms with Gasteiger partial charge in [0.25, 0.3) is 11.5 Å². The lowest BCUT2D eigenvalue weighted by atomic mass is 10.2. The van der Waals surface area contributed by atoms with E-state index in [0.29, 0.717) is 30.4 Å². The van der Waals surface area contributed by atoms with E-state index in [-0.39, 0.29) is 36.4 Å². The number of aromatic amines is 1. The molecular weight excluding hydrogens is 542 g/mol. The van der Waals surface area contributed by atoms with Crippen LogP contribution in [0.25, 0.3) is 0 Å². The summed E-state index contributed by atoms with van der Waals surface area (Å²) in [7, 11) is 0. The van der Waals surface area contributed by atoms with Crippen LogP contribution in [0.5, 0.6) is 0 Å². The standard InChI is InChI=1S/C21H20F6N8O2S/c1-11(32-14-10-31-33-16(36)15(14)21(25,26)27)6-13-9-28-17(38-13)18(37)34-2-4-35(5-3-34)19-29-7-12(8-30-19)20(22,23)24/h7-11H,2-6H2,1H3,(H2,32,33,36). The minimum Gasteiger partial charge on any atom is -0.380 e. The average Bonchev–Trinajstić information content (AvgIpc) is 3.30. The predicted molar refractivity (Wildman–Crippen MR) is 124 cm³/mol. The topological polar surface area (TPSA) is 120 Å². The summed E-state index contributed by atoms with van der Waals surface area (Å²) in [6.45, 7) is 2.77. The smallest absolute Gasteiger partial charge is 0.380 e. The maximum atomic E-state index is 13.2. The van der Waals surface area contributed by atoms with Crippen molar-refractivity contribution in [3.05, 3.63) is 56.2 Å². The summed E-state index contributed by atoms with van der Waals surface area (Å²) in [5, 5.41) is 8.03. The number of rotatable bonds is 6. The summed E-state index contributed by atoms with van der Waals surface area (Å²) >= 11 is 1.09. The van der Waals surface area contributed by atoms with Crippen LogP contribution in [0.1, 0.15) is 32.7 Å². The molecule has 1 aliphatic heterocycles. The number of hydrogen-bond acceptors (Lipinski definition) is 9. The zero-order chi connectivity index (χ0) is 27.7. The van der Waals surface area contributed by atoms with Crippen molar-refractivity contribution in [3.63, 3.8) is 0 Å². The van der Waals surface area contributed by atoms with Gasteiger partial charge >= 0.3 is 12.4 Å². The van der Waals surface area contributed by atoms with Gasteiger partial charge in [-0.15, -0.1) is 11.3 Å². The lowest BCUT2D eigenvalue weighted by Gasteiger charge is -2.34. The Labute approximate surface area is 214 Å². The highest BCUT2D eigenvalue weighted by Crippen LogP contribution is 2.32. The van der Waals surface area contributed by atoms with Gasteiger partial charge in [0.2, 0.25) is 5.95 Å². The Balaban J connectivity index is 1.33. The summed E-state index contributed by atoms with van der Waals surface area (Å²) in [5.41, 5.74) is -4.13. The molecule has 2 N–H and O–H groups in total. The van der Waals surface area contributed by atoms with Crippen molar-refractivity contribution in [3.8, 4) is 0 Å². The molecule has 204 valence electrons. The van der Waals surface area contributed by atoms with Gasteiger partial charge < -0.3 is 15.1 Å². The number of halogens is 6. The molecule has 1 fully saturated rings. The first-order chi connectivity index (χ1) is 17.8. The Morgan fingerprint density at radius 2 is 1.68 bits per heavy atom. The molecule has 3 aromatic heterocycles. The number of nitrogens with zero attached hydrogens (tertiary/aromatic N) is 6.